The van der Waals surface area contributed by atoms with E-state index in [0.29, 0.717) is 18.9 Å². The van der Waals surface area contributed by atoms with Crippen LogP contribution in [0.4, 0.5) is 0 Å². The summed E-state index contributed by atoms with van der Waals surface area (Å²) < 4.78 is 5.90. The van der Waals surface area contributed by atoms with Crippen LogP contribution >= 0.6 is 12.2 Å². The molecule has 0 aliphatic heterocycles. The van der Waals surface area contributed by atoms with Crippen LogP contribution in [0, 0.1) is 0 Å². The summed E-state index contributed by atoms with van der Waals surface area (Å²) >= 11 is 5.58. The maximum Gasteiger partial charge on any atom is 0.213 e. The number of nitrogens with zero attached hydrogens (tertiary/aromatic N) is 2. The summed E-state index contributed by atoms with van der Waals surface area (Å²) in [5, 5.41) is 0. The molecule has 1 aromatic heterocycles. The molecule has 132 valence electrons. The second-order valence-corrected chi connectivity index (χ2v) is 6.67. The van der Waals surface area contributed by atoms with Gasteiger partial charge in [-0.2, -0.15) is 0 Å². The number of aromatic nitrogens is 1. The van der Waals surface area contributed by atoms with Crippen molar-refractivity contribution in [2.24, 2.45) is 0 Å². The third kappa shape index (κ3) is 4.67. The molecule has 0 N–H and O–H groups in total. The monoisotopic (exact) mass is 362 g/mol. The Bertz CT molecular complexity index is 864. The fourth-order valence-electron chi connectivity index (χ4n) is 2.65. The Morgan fingerprint density at radius 1 is 0.885 bits per heavy atom. The van der Waals surface area contributed by atoms with Gasteiger partial charge in [0, 0.05) is 32.1 Å². The number of hydrogen-bond acceptors (Lipinski definition) is 3. The van der Waals surface area contributed by atoms with Gasteiger partial charge < -0.3 is 9.64 Å². The Morgan fingerprint density at radius 3 is 2.12 bits per heavy atom. The molecule has 0 spiro atoms. The van der Waals surface area contributed by atoms with E-state index in [1.807, 2.05) is 79.7 Å². The van der Waals surface area contributed by atoms with E-state index >= 15 is 0 Å². The SMILES string of the molecule is CN(C)C(=S)c1ccc(OCc2ccccc2)nc1Cc1ccccc1. The third-order valence-corrected chi connectivity index (χ3v) is 4.61. The Morgan fingerprint density at radius 2 is 1.50 bits per heavy atom. The minimum Gasteiger partial charge on any atom is -0.473 e. The minimum absolute atomic E-state index is 0.496. The fraction of sp³-hybridized carbons (Fsp3) is 0.182. The Kier molecular flexibility index (Phi) is 5.97. The van der Waals surface area contributed by atoms with E-state index in [2.05, 4.69) is 12.1 Å². The van der Waals surface area contributed by atoms with E-state index in [-0.39, 0.29) is 0 Å². The lowest BCUT2D eigenvalue weighted by Gasteiger charge is -2.17. The van der Waals surface area contributed by atoms with Gasteiger partial charge >= 0.3 is 0 Å². The molecular weight excluding hydrogens is 340 g/mol. The molecule has 3 nitrogen and oxygen atoms in total. The molecule has 4 heteroatoms. The van der Waals surface area contributed by atoms with E-state index in [1.54, 1.807) is 0 Å². The van der Waals surface area contributed by atoms with Crippen LogP contribution in [-0.4, -0.2) is 29.0 Å². The first-order valence-electron chi connectivity index (χ1n) is 8.55. The van der Waals surface area contributed by atoms with Gasteiger partial charge in [0.1, 0.15) is 11.6 Å². The molecule has 0 atom stereocenters. The molecule has 0 unspecified atom stereocenters. The van der Waals surface area contributed by atoms with Crippen molar-refractivity contribution in [2.45, 2.75) is 13.0 Å². The molecule has 2 aromatic carbocycles. The van der Waals surface area contributed by atoms with E-state index in [1.165, 1.54) is 5.56 Å². The van der Waals surface area contributed by atoms with Crippen LogP contribution in [0.15, 0.2) is 72.8 Å². The normalized spacial score (nSPS) is 10.4. The Hall–Kier alpha value is -2.72. The van der Waals surface area contributed by atoms with Crippen molar-refractivity contribution in [3.05, 3.63) is 95.2 Å². The van der Waals surface area contributed by atoms with Crippen molar-refractivity contribution < 1.29 is 4.74 Å². The molecule has 1 heterocycles. The van der Waals surface area contributed by atoms with Crippen molar-refractivity contribution in [3.8, 4) is 5.88 Å². The molecule has 0 amide bonds. The molecule has 0 aliphatic carbocycles. The van der Waals surface area contributed by atoms with Crippen molar-refractivity contribution in [3.63, 3.8) is 0 Å². The number of benzene rings is 2. The van der Waals surface area contributed by atoms with E-state index in [4.69, 9.17) is 21.9 Å². The smallest absolute Gasteiger partial charge is 0.213 e. The van der Waals surface area contributed by atoms with Crippen LogP contribution in [0.3, 0.4) is 0 Å². The second-order valence-electron chi connectivity index (χ2n) is 6.28. The van der Waals surface area contributed by atoms with Gasteiger partial charge in [0.15, 0.2) is 0 Å². The van der Waals surface area contributed by atoms with Crippen molar-refractivity contribution in [2.75, 3.05) is 14.1 Å². The number of ether oxygens (including phenoxy) is 1. The maximum atomic E-state index is 5.90. The largest absolute Gasteiger partial charge is 0.473 e. The predicted octanol–water partition coefficient (Wildman–Crippen LogP) is 4.49. The van der Waals surface area contributed by atoms with Crippen molar-refractivity contribution in [1.82, 2.24) is 9.88 Å². The summed E-state index contributed by atoms with van der Waals surface area (Å²) in [5.74, 6) is 0.616. The average Bonchev–Trinajstić information content (AvgIpc) is 2.67. The van der Waals surface area contributed by atoms with E-state index in [9.17, 15) is 0 Å². The van der Waals surface area contributed by atoms with Gasteiger partial charge in [-0.25, -0.2) is 4.98 Å². The first kappa shape index (κ1) is 18.1. The van der Waals surface area contributed by atoms with Gasteiger partial charge in [-0.3, -0.25) is 0 Å². The third-order valence-electron chi connectivity index (χ3n) is 4.03. The molecule has 0 bridgehead atoms. The highest BCUT2D eigenvalue weighted by molar-refractivity contribution is 7.80. The molecular formula is C22H22N2OS. The molecule has 0 radical (unpaired) electrons. The lowest BCUT2D eigenvalue weighted by Crippen LogP contribution is -2.22. The predicted molar refractivity (Wildman–Crippen MR) is 110 cm³/mol. The highest BCUT2D eigenvalue weighted by atomic mass is 32.1. The summed E-state index contributed by atoms with van der Waals surface area (Å²) in [6.07, 6.45) is 0.715. The maximum absolute atomic E-state index is 5.90. The highest BCUT2D eigenvalue weighted by Crippen LogP contribution is 2.19. The summed E-state index contributed by atoms with van der Waals surface area (Å²) in [5.41, 5.74) is 4.22. The van der Waals surface area contributed by atoms with E-state index < -0.39 is 0 Å². The summed E-state index contributed by atoms with van der Waals surface area (Å²) in [6.45, 7) is 0.496. The average molecular weight is 362 g/mol. The minimum atomic E-state index is 0.496. The van der Waals surface area contributed by atoms with Crippen LogP contribution < -0.4 is 4.74 Å². The van der Waals surface area contributed by atoms with Crippen LogP contribution in [0.2, 0.25) is 0 Å². The van der Waals surface area contributed by atoms with Gasteiger partial charge in [0.05, 0.1) is 5.69 Å². The first-order valence-corrected chi connectivity index (χ1v) is 8.96. The number of rotatable bonds is 6. The summed E-state index contributed by atoms with van der Waals surface area (Å²) in [7, 11) is 3.91. The zero-order chi connectivity index (χ0) is 18.4. The molecule has 0 saturated carbocycles. The first-order chi connectivity index (χ1) is 12.6. The lowest BCUT2D eigenvalue weighted by molar-refractivity contribution is 0.293. The van der Waals surface area contributed by atoms with Gasteiger partial charge in [0.2, 0.25) is 5.88 Å². The quantitative estimate of drug-likeness (QED) is 0.604. The number of thiocarbonyl (C=S) groups is 1. The standard InChI is InChI=1S/C22H22N2OS/c1-24(2)22(26)19-13-14-21(25-16-18-11-7-4-8-12-18)23-20(19)15-17-9-5-3-6-10-17/h3-14H,15-16H2,1-2H3. The fourth-order valence-corrected chi connectivity index (χ4v) is 2.84. The van der Waals surface area contributed by atoms with Crippen molar-refractivity contribution in [1.29, 1.82) is 0 Å². The Balaban J connectivity index is 1.85. The zero-order valence-corrected chi connectivity index (χ0v) is 15.9. The topological polar surface area (TPSA) is 25.4 Å². The molecule has 0 saturated heterocycles. The van der Waals surface area contributed by atoms with E-state index in [0.717, 1.165) is 21.8 Å². The molecule has 26 heavy (non-hydrogen) atoms. The van der Waals surface area contributed by atoms with Crippen LogP contribution in [-0.2, 0) is 13.0 Å². The molecule has 0 fully saturated rings. The van der Waals surface area contributed by atoms with Crippen LogP contribution in [0.1, 0.15) is 22.4 Å². The molecule has 3 rings (SSSR count). The van der Waals surface area contributed by atoms with Gasteiger partial charge in [-0.15, -0.1) is 0 Å². The van der Waals surface area contributed by atoms with Gasteiger partial charge in [-0.1, -0.05) is 72.9 Å². The molecule has 0 aliphatic rings. The van der Waals surface area contributed by atoms with Gasteiger partial charge in [0.25, 0.3) is 0 Å². The van der Waals surface area contributed by atoms with Gasteiger partial charge in [-0.05, 0) is 17.2 Å². The number of hydrogen-bond donors (Lipinski definition) is 0. The van der Waals surface area contributed by atoms with Crippen molar-refractivity contribution >= 4 is 17.2 Å². The van der Waals surface area contributed by atoms with Crippen LogP contribution in [0.25, 0.3) is 0 Å². The Labute approximate surface area is 160 Å². The number of pyridine rings is 1. The highest BCUT2D eigenvalue weighted by Gasteiger charge is 2.13. The lowest BCUT2D eigenvalue weighted by atomic mass is 10.0. The molecule has 3 aromatic rings. The summed E-state index contributed by atoms with van der Waals surface area (Å²) in [6, 6.07) is 24.3. The summed E-state index contributed by atoms with van der Waals surface area (Å²) in [4.78, 5) is 7.46. The van der Waals surface area contributed by atoms with Crippen LogP contribution in [0.5, 0.6) is 5.88 Å². The second kappa shape index (κ2) is 8.59. The zero-order valence-electron chi connectivity index (χ0n) is 15.1.